The van der Waals surface area contributed by atoms with Gasteiger partial charge in [-0.2, -0.15) is 0 Å². The van der Waals surface area contributed by atoms with Crippen LogP contribution in [-0.4, -0.2) is 21.1 Å². The number of nitrogens with one attached hydrogen (secondary N) is 1. The molecule has 1 aliphatic carbocycles. The van der Waals surface area contributed by atoms with Gasteiger partial charge in [0.1, 0.15) is 11.4 Å². The quantitative estimate of drug-likeness (QED) is 0.642. The summed E-state index contributed by atoms with van der Waals surface area (Å²) in [6.45, 7) is 1.99. The van der Waals surface area contributed by atoms with E-state index in [4.69, 9.17) is 5.73 Å². The lowest BCUT2D eigenvalue weighted by molar-refractivity contribution is 0.102. The Morgan fingerprint density at radius 3 is 2.57 bits per heavy atom. The Hall–Kier alpha value is -2.28. The van der Waals surface area contributed by atoms with Crippen molar-refractivity contribution < 1.29 is 4.79 Å². The normalized spacial score (nSPS) is 14.0. The SMILES string of the molecule is Cc1ccc(SCC(=O)c2c(N)n(C3CC3)c(=O)[nH]c2=O)cc1. The van der Waals surface area contributed by atoms with Crippen LogP contribution < -0.4 is 17.0 Å². The first-order valence-electron chi connectivity index (χ1n) is 7.34. The minimum Gasteiger partial charge on any atom is -0.384 e. The number of carbonyl (C=O) groups is 1. The molecule has 0 radical (unpaired) electrons. The third-order valence-electron chi connectivity index (χ3n) is 3.76. The van der Waals surface area contributed by atoms with E-state index in [1.54, 1.807) is 0 Å². The van der Waals surface area contributed by atoms with E-state index in [-0.39, 0.29) is 29.0 Å². The first-order chi connectivity index (χ1) is 11.0. The second-order valence-corrected chi connectivity index (χ2v) is 6.69. The van der Waals surface area contributed by atoms with Crippen LogP contribution in [0.3, 0.4) is 0 Å². The van der Waals surface area contributed by atoms with Gasteiger partial charge in [0.15, 0.2) is 5.78 Å². The molecule has 1 aromatic heterocycles. The second-order valence-electron chi connectivity index (χ2n) is 5.65. The number of hydrogen-bond donors (Lipinski definition) is 2. The van der Waals surface area contributed by atoms with Crippen LogP contribution in [0.1, 0.15) is 34.8 Å². The van der Waals surface area contributed by atoms with Crippen molar-refractivity contribution >= 4 is 23.4 Å². The van der Waals surface area contributed by atoms with E-state index in [1.807, 2.05) is 31.2 Å². The number of nitrogen functional groups attached to an aromatic ring is 1. The number of nitrogens with two attached hydrogens (primary N) is 1. The molecule has 23 heavy (non-hydrogen) atoms. The van der Waals surface area contributed by atoms with Gasteiger partial charge in [-0.05, 0) is 31.9 Å². The smallest absolute Gasteiger partial charge is 0.330 e. The first kappa shape index (κ1) is 15.6. The fraction of sp³-hybridized carbons (Fsp3) is 0.312. The summed E-state index contributed by atoms with van der Waals surface area (Å²) in [5, 5.41) is 0. The fourth-order valence-corrected chi connectivity index (χ4v) is 3.16. The summed E-state index contributed by atoms with van der Waals surface area (Å²) < 4.78 is 1.32. The molecule has 1 heterocycles. The van der Waals surface area contributed by atoms with E-state index >= 15 is 0 Å². The number of aryl methyl sites for hydroxylation is 1. The van der Waals surface area contributed by atoms with E-state index in [2.05, 4.69) is 4.98 Å². The van der Waals surface area contributed by atoms with Crippen molar-refractivity contribution in [1.29, 1.82) is 0 Å². The zero-order valence-electron chi connectivity index (χ0n) is 12.7. The molecule has 0 atom stereocenters. The van der Waals surface area contributed by atoms with Crippen molar-refractivity contribution in [3.05, 3.63) is 56.2 Å². The van der Waals surface area contributed by atoms with E-state index < -0.39 is 11.2 Å². The first-order valence-corrected chi connectivity index (χ1v) is 8.33. The molecule has 3 N–H and O–H groups in total. The van der Waals surface area contributed by atoms with Crippen molar-refractivity contribution in [3.63, 3.8) is 0 Å². The average molecular weight is 331 g/mol. The van der Waals surface area contributed by atoms with Crippen LogP contribution in [0, 0.1) is 6.92 Å². The van der Waals surface area contributed by atoms with Crippen molar-refractivity contribution in [2.45, 2.75) is 30.7 Å². The van der Waals surface area contributed by atoms with Gasteiger partial charge in [0.2, 0.25) is 0 Å². The van der Waals surface area contributed by atoms with Gasteiger partial charge >= 0.3 is 5.69 Å². The van der Waals surface area contributed by atoms with E-state index in [0.717, 1.165) is 23.3 Å². The van der Waals surface area contributed by atoms with Crippen LogP contribution in [0.15, 0.2) is 38.8 Å². The van der Waals surface area contributed by atoms with Gasteiger partial charge < -0.3 is 5.73 Å². The molecule has 0 aliphatic heterocycles. The Bertz CT molecular complexity index is 864. The third kappa shape index (κ3) is 3.24. The maximum Gasteiger partial charge on any atom is 0.330 e. The van der Waals surface area contributed by atoms with Crippen molar-refractivity contribution in [2.75, 3.05) is 11.5 Å². The minimum absolute atomic E-state index is 0.00403. The summed E-state index contributed by atoms with van der Waals surface area (Å²) in [5.41, 5.74) is 5.70. The number of Topliss-reactive ketones (excluding diaryl/α,β-unsaturated/α-hetero) is 1. The van der Waals surface area contributed by atoms with E-state index in [1.165, 1.54) is 16.3 Å². The number of ketones is 1. The van der Waals surface area contributed by atoms with Crippen LogP contribution in [0.4, 0.5) is 5.82 Å². The third-order valence-corrected chi connectivity index (χ3v) is 4.78. The Kier molecular flexibility index (Phi) is 4.12. The van der Waals surface area contributed by atoms with Crippen LogP contribution in [0.5, 0.6) is 0 Å². The van der Waals surface area contributed by atoms with Gasteiger partial charge in [0, 0.05) is 10.9 Å². The molecule has 0 amide bonds. The molecule has 3 rings (SSSR count). The number of aromatic amines is 1. The minimum atomic E-state index is -0.709. The van der Waals surface area contributed by atoms with Gasteiger partial charge in [-0.15, -0.1) is 11.8 Å². The Labute approximate surface area is 136 Å². The summed E-state index contributed by atoms with van der Waals surface area (Å²) in [6.07, 6.45) is 1.67. The zero-order valence-corrected chi connectivity index (χ0v) is 13.5. The number of rotatable bonds is 5. The average Bonchev–Trinajstić information content (AvgIpc) is 3.31. The molecule has 0 unspecified atom stereocenters. The molecule has 0 spiro atoms. The summed E-state index contributed by atoms with van der Waals surface area (Å²) in [5.74, 6) is -0.293. The molecular formula is C16H17N3O3S. The maximum absolute atomic E-state index is 12.4. The van der Waals surface area contributed by atoms with E-state index in [0.29, 0.717) is 0 Å². The second kappa shape index (κ2) is 6.08. The molecule has 7 heteroatoms. The van der Waals surface area contributed by atoms with Crippen LogP contribution in [0.2, 0.25) is 0 Å². The molecule has 0 saturated heterocycles. The molecule has 1 aromatic carbocycles. The standard InChI is InChI=1S/C16H17N3O3S/c1-9-2-6-11(7-3-9)23-8-12(20)13-14(17)19(10-4-5-10)16(22)18-15(13)21/h2-3,6-7,10H,4-5,8,17H2,1H3,(H,18,21,22). The highest BCUT2D eigenvalue weighted by molar-refractivity contribution is 8.00. The number of H-pyrrole nitrogens is 1. The molecule has 1 fully saturated rings. The molecule has 6 nitrogen and oxygen atoms in total. The largest absolute Gasteiger partial charge is 0.384 e. The van der Waals surface area contributed by atoms with Crippen LogP contribution in [-0.2, 0) is 0 Å². The molecule has 1 aliphatic rings. The molecular weight excluding hydrogens is 314 g/mol. The van der Waals surface area contributed by atoms with Crippen molar-refractivity contribution in [1.82, 2.24) is 9.55 Å². The van der Waals surface area contributed by atoms with Crippen molar-refractivity contribution in [2.24, 2.45) is 0 Å². The number of anilines is 1. The van der Waals surface area contributed by atoms with Gasteiger partial charge in [-0.3, -0.25) is 19.1 Å². The Morgan fingerprint density at radius 1 is 1.30 bits per heavy atom. The lowest BCUT2D eigenvalue weighted by Crippen LogP contribution is -2.36. The Balaban J connectivity index is 1.84. The van der Waals surface area contributed by atoms with Crippen LogP contribution in [0.25, 0.3) is 0 Å². The number of hydrogen-bond acceptors (Lipinski definition) is 5. The monoisotopic (exact) mass is 331 g/mol. The molecule has 2 aromatic rings. The molecule has 120 valence electrons. The highest BCUT2D eigenvalue weighted by Crippen LogP contribution is 2.35. The van der Waals surface area contributed by atoms with Crippen LogP contribution >= 0.6 is 11.8 Å². The lowest BCUT2D eigenvalue weighted by atomic mass is 10.2. The summed E-state index contributed by atoms with van der Waals surface area (Å²) in [7, 11) is 0. The van der Waals surface area contributed by atoms with E-state index in [9.17, 15) is 14.4 Å². The number of nitrogens with zero attached hydrogens (tertiary/aromatic N) is 1. The Morgan fingerprint density at radius 2 is 1.96 bits per heavy atom. The highest BCUT2D eigenvalue weighted by atomic mass is 32.2. The van der Waals surface area contributed by atoms with Gasteiger partial charge in [-0.1, -0.05) is 17.7 Å². The number of thioether (sulfide) groups is 1. The fourth-order valence-electron chi connectivity index (χ4n) is 2.39. The predicted octanol–water partition coefficient (Wildman–Crippen LogP) is 1.74. The molecule has 1 saturated carbocycles. The number of aromatic nitrogens is 2. The summed E-state index contributed by atoms with van der Waals surface area (Å²) in [6, 6.07) is 7.76. The van der Waals surface area contributed by atoms with Gasteiger partial charge in [0.05, 0.1) is 5.75 Å². The molecule has 0 bridgehead atoms. The number of carbonyl (C=O) groups excluding carboxylic acids is 1. The number of benzene rings is 1. The van der Waals surface area contributed by atoms with Gasteiger partial charge in [-0.25, -0.2) is 4.79 Å². The summed E-state index contributed by atoms with van der Waals surface area (Å²) >= 11 is 1.34. The van der Waals surface area contributed by atoms with Gasteiger partial charge in [0.25, 0.3) is 5.56 Å². The highest BCUT2D eigenvalue weighted by Gasteiger charge is 2.29. The predicted molar refractivity (Wildman–Crippen MR) is 90.2 cm³/mol. The maximum atomic E-state index is 12.4. The van der Waals surface area contributed by atoms with Crippen molar-refractivity contribution in [3.8, 4) is 0 Å². The topological polar surface area (TPSA) is 97.9 Å². The lowest BCUT2D eigenvalue weighted by Gasteiger charge is -2.11. The summed E-state index contributed by atoms with van der Waals surface area (Å²) in [4.78, 5) is 39.3. The zero-order chi connectivity index (χ0) is 16.6.